The third-order valence-electron chi connectivity index (χ3n) is 3.99. The molecule has 4 heteroatoms. The van der Waals surface area contributed by atoms with E-state index >= 15 is 0 Å². The molecule has 21 heavy (non-hydrogen) atoms. The quantitative estimate of drug-likeness (QED) is 0.872. The molecule has 1 unspecified atom stereocenters. The lowest BCUT2D eigenvalue weighted by atomic mass is 9.84. The molecular formula is C17H22N4. The molecule has 0 amide bonds. The van der Waals surface area contributed by atoms with Crippen LogP contribution in [0.3, 0.4) is 0 Å². The third-order valence-corrected chi connectivity index (χ3v) is 3.99. The number of aromatic nitrogens is 3. The Balaban J connectivity index is 2.08. The summed E-state index contributed by atoms with van der Waals surface area (Å²) in [4.78, 5) is 13.8. The summed E-state index contributed by atoms with van der Waals surface area (Å²) in [7, 11) is 0. The summed E-state index contributed by atoms with van der Waals surface area (Å²) < 4.78 is 0. The van der Waals surface area contributed by atoms with Crippen molar-refractivity contribution in [2.45, 2.75) is 51.4 Å². The summed E-state index contributed by atoms with van der Waals surface area (Å²) in [6.07, 6.45) is 5.21. The lowest BCUT2D eigenvalue weighted by molar-refractivity contribution is 0.529. The van der Waals surface area contributed by atoms with Gasteiger partial charge < -0.3 is 5.73 Å². The van der Waals surface area contributed by atoms with Crippen molar-refractivity contribution in [3.05, 3.63) is 47.2 Å². The van der Waals surface area contributed by atoms with Crippen LogP contribution in [0.1, 0.15) is 62.3 Å². The fourth-order valence-electron chi connectivity index (χ4n) is 2.90. The van der Waals surface area contributed by atoms with Crippen LogP contribution in [0.4, 0.5) is 5.82 Å². The maximum atomic E-state index is 6.01. The summed E-state index contributed by atoms with van der Waals surface area (Å²) in [6, 6.07) is 6.09. The first-order valence-corrected chi connectivity index (χ1v) is 7.54. The number of hydrogen-bond acceptors (Lipinski definition) is 4. The molecule has 2 aromatic rings. The van der Waals surface area contributed by atoms with Crippen LogP contribution in [0.15, 0.2) is 24.4 Å². The Morgan fingerprint density at radius 1 is 1.24 bits per heavy atom. The highest BCUT2D eigenvalue weighted by molar-refractivity contribution is 5.38. The van der Waals surface area contributed by atoms with Gasteiger partial charge in [-0.25, -0.2) is 9.97 Å². The number of anilines is 1. The van der Waals surface area contributed by atoms with E-state index in [4.69, 9.17) is 10.7 Å². The predicted octanol–water partition coefficient (Wildman–Crippen LogP) is 3.22. The molecule has 0 radical (unpaired) electrons. The Morgan fingerprint density at radius 2 is 2.05 bits per heavy atom. The van der Waals surface area contributed by atoms with Crippen LogP contribution in [0.25, 0.3) is 0 Å². The Morgan fingerprint density at radius 3 is 2.81 bits per heavy atom. The van der Waals surface area contributed by atoms with E-state index < -0.39 is 0 Å². The zero-order valence-corrected chi connectivity index (χ0v) is 12.9. The summed E-state index contributed by atoms with van der Waals surface area (Å²) in [5.41, 5.74) is 9.40. The van der Waals surface area contributed by atoms with E-state index in [1.54, 1.807) is 0 Å². The topological polar surface area (TPSA) is 64.7 Å². The predicted molar refractivity (Wildman–Crippen MR) is 84.2 cm³/mol. The van der Waals surface area contributed by atoms with E-state index in [1.165, 1.54) is 5.56 Å². The van der Waals surface area contributed by atoms with E-state index in [2.05, 4.69) is 36.8 Å². The smallest absolute Gasteiger partial charge is 0.136 e. The van der Waals surface area contributed by atoms with Crippen LogP contribution >= 0.6 is 0 Å². The summed E-state index contributed by atoms with van der Waals surface area (Å²) in [6.45, 7) is 6.33. The Bertz CT molecular complexity index is 658. The van der Waals surface area contributed by atoms with Crippen molar-refractivity contribution >= 4 is 5.82 Å². The second kappa shape index (κ2) is 5.10. The molecule has 2 aromatic heterocycles. The number of nitrogens with zero attached hydrogens (tertiary/aromatic N) is 3. The maximum Gasteiger partial charge on any atom is 0.136 e. The minimum atomic E-state index is -0.105. The molecule has 0 aromatic carbocycles. The molecule has 0 saturated carbocycles. The van der Waals surface area contributed by atoms with Crippen molar-refractivity contribution in [3.8, 4) is 0 Å². The zero-order valence-electron chi connectivity index (χ0n) is 12.9. The van der Waals surface area contributed by atoms with Crippen LogP contribution in [0, 0.1) is 0 Å². The normalized spacial score (nSPS) is 18.3. The fraction of sp³-hybridized carbons (Fsp3) is 0.471. The molecule has 1 aliphatic carbocycles. The third kappa shape index (κ3) is 2.75. The highest BCUT2D eigenvalue weighted by Gasteiger charge is 2.26. The molecule has 110 valence electrons. The largest absolute Gasteiger partial charge is 0.384 e. The second-order valence-electron chi connectivity index (χ2n) is 6.78. The number of pyridine rings is 1. The maximum absolute atomic E-state index is 6.01. The minimum Gasteiger partial charge on any atom is -0.384 e. The Kier molecular flexibility index (Phi) is 3.40. The van der Waals surface area contributed by atoms with Gasteiger partial charge in [0.2, 0.25) is 0 Å². The molecule has 0 spiro atoms. The molecule has 0 fully saturated rings. The van der Waals surface area contributed by atoms with Crippen LogP contribution < -0.4 is 5.73 Å². The highest BCUT2D eigenvalue weighted by Crippen LogP contribution is 2.35. The second-order valence-corrected chi connectivity index (χ2v) is 6.78. The molecule has 1 aliphatic rings. The standard InChI is InChI=1S/C17H22N4/c1-17(2,3)16-20-13(10-14(18)21-16)12-8-4-6-11-7-5-9-19-15(11)12/h5,7,9-10,12H,4,6,8H2,1-3H3,(H2,18,20,21). The van der Waals surface area contributed by atoms with Gasteiger partial charge in [-0.2, -0.15) is 0 Å². The summed E-state index contributed by atoms with van der Waals surface area (Å²) in [5, 5.41) is 0. The van der Waals surface area contributed by atoms with E-state index in [9.17, 15) is 0 Å². The van der Waals surface area contributed by atoms with E-state index in [0.29, 0.717) is 5.82 Å². The molecular weight excluding hydrogens is 260 g/mol. The van der Waals surface area contributed by atoms with Gasteiger partial charge in [0, 0.05) is 23.6 Å². The van der Waals surface area contributed by atoms with Gasteiger partial charge in [-0.3, -0.25) is 4.98 Å². The molecule has 2 N–H and O–H groups in total. The number of aryl methyl sites for hydroxylation is 1. The Hall–Kier alpha value is -1.97. The van der Waals surface area contributed by atoms with Crippen LogP contribution in [-0.2, 0) is 11.8 Å². The number of nitrogen functional groups attached to an aromatic ring is 1. The fourth-order valence-corrected chi connectivity index (χ4v) is 2.90. The number of fused-ring (bicyclic) bond motifs is 1. The first-order valence-electron chi connectivity index (χ1n) is 7.54. The van der Waals surface area contributed by atoms with Crippen molar-refractivity contribution in [1.29, 1.82) is 0 Å². The van der Waals surface area contributed by atoms with Crippen LogP contribution in [0.2, 0.25) is 0 Å². The van der Waals surface area contributed by atoms with Gasteiger partial charge in [-0.05, 0) is 30.9 Å². The first-order chi connectivity index (χ1) is 9.95. The van der Waals surface area contributed by atoms with Crippen molar-refractivity contribution < 1.29 is 0 Å². The van der Waals surface area contributed by atoms with Crippen LogP contribution in [-0.4, -0.2) is 15.0 Å². The molecule has 1 atom stereocenters. The van der Waals surface area contributed by atoms with Crippen molar-refractivity contribution in [3.63, 3.8) is 0 Å². The highest BCUT2D eigenvalue weighted by atomic mass is 15.0. The van der Waals surface area contributed by atoms with Gasteiger partial charge in [0.1, 0.15) is 11.6 Å². The van der Waals surface area contributed by atoms with Gasteiger partial charge in [-0.15, -0.1) is 0 Å². The monoisotopic (exact) mass is 282 g/mol. The van der Waals surface area contributed by atoms with Gasteiger partial charge in [0.05, 0.1) is 11.4 Å². The average Bonchev–Trinajstić information content (AvgIpc) is 2.45. The van der Waals surface area contributed by atoms with E-state index in [1.807, 2.05) is 18.3 Å². The van der Waals surface area contributed by atoms with E-state index in [-0.39, 0.29) is 11.3 Å². The molecule has 0 aliphatic heterocycles. The number of hydrogen-bond donors (Lipinski definition) is 1. The summed E-state index contributed by atoms with van der Waals surface area (Å²) >= 11 is 0. The van der Waals surface area contributed by atoms with Crippen molar-refractivity contribution in [2.24, 2.45) is 0 Å². The number of rotatable bonds is 1. The molecule has 3 rings (SSSR count). The minimum absolute atomic E-state index is 0.105. The van der Waals surface area contributed by atoms with Gasteiger partial charge in [-0.1, -0.05) is 26.8 Å². The molecule has 4 nitrogen and oxygen atoms in total. The average molecular weight is 282 g/mol. The molecule has 2 heterocycles. The summed E-state index contributed by atoms with van der Waals surface area (Å²) in [5.74, 6) is 1.59. The van der Waals surface area contributed by atoms with Gasteiger partial charge >= 0.3 is 0 Å². The first kappa shape index (κ1) is 14.0. The van der Waals surface area contributed by atoms with Gasteiger partial charge in [0.15, 0.2) is 0 Å². The lowest BCUT2D eigenvalue weighted by Gasteiger charge is -2.25. The lowest BCUT2D eigenvalue weighted by Crippen LogP contribution is -2.21. The molecule has 0 bridgehead atoms. The van der Waals surface area contributed by atoms with Crippen molar-refractivity contribution in [2.75, 3.05) is 5.73 Å². The Labute approximate surface area is 125 Å². The number of nitrogens with two attached hydrogens (primary N) is 1. The molecule has 0 saturated heterocycles. The zero-order chi connectivity index (χ0) is 15.0. The van der Waals surface area contributed by atoms with E-state index in [0.717, 1.165) is 36.5 Å². The van der Waals surface area contributed by atoms with Crippen molar-refractivity contribution in [1.82, 2.24) is 15.0 Å². The van der Waals surface area contributed by atoms with Crippen LogP contribution in [0.5, 0.6) is 0 Å². The SMILES string of the molecule is CC(C)(C)c1nc(N)cc(C2CCCc3cccnc32)n1. The van der Waals surface area contributed by atoms with Gasteiger partial charge in [0.25, 0.3) is 0 Å².